The normalized spacial score (nSPS) is 11.6. The lowest BCUT2D eigenvalue weighted by atomic mass is 10.2. The zero-order valence-electron chi connectivity index (χ0n) is 8.03. The zero-order chi connectivity index (χ0) is 10.1. The van der Waals surface area contributed by atoms with Crippen molar-refractivity contribution in [1.29, 1.82) is 0 Å². The molecule has 0 amide bonds. The molecule has 1 aromatic heterocycles. The summed E-state index contributed by atoms with van der Waals surface area (Å²) < 4.78 is 23.1. The maximum atomic E-state index is 11.5. The van der Waals surface area contributed by atoms with Gasteiger partial charge in [-0.15, -0.1) is 0 Å². The minimum Gasteiger partial charge on any atom is -0.261 e. The van der Waals surface area contributed by atoms with E-state index in [1.165, 1.54) is 6.20 Å². The van der Waals surface area contributed by atoms with Gasteiger partial charge in [0.2, 0.25) is 0 Å². The van der Waals surface area contributed by atoms with Crippen LogP contribution in [0.1, 0.15) is 18.2 Å². The van der Waals surface area contributed by atoms with Crippen LogP contribution in [0.25, 0.3) is 0 Å². The molecule has 0 saturated carbocycles. The van der Waals surface area contributed by atoms with Crippen molar-refractivity contribution in [2.45, 2.75) is 25.7 Å². The maximum Gasteiger partial charge on any atom is 0.178 e. The number of hydrogen-bond donors (Lipinski definition) is 0. The van der Waals surface area contributed by atoms with Gasteiger partial charge in [-0.25, -0.2) is 8.42 Å². The molecule has 1 rings (SSSR count). The first kappa shape index (κ1) is 10.2. The fraction of sp³-hybridized carbons (Fsp3) is 0.444. The van der Waals surface area contributed by atoms with E-state index in [1.54, 1.807) is 19.9 Å². The molecule has 3 nitrogen and oxygen atoms in total. The fourth-order valence-corrected chi connectivity index (χ4v) is 2.30. The van der Waals surface area contributed by atoms with Crippen molar-refractivity contribution in [1.82, 2.24) is 4.98 Å². The third-order valence-electron chi connectivity index (χ3n) is 2.12. The molecule has 0 atom stereocenters. The first-order chi connectivity index (χ1) is 5.99. The zero-order valence-corrected chi connectivity index (χ0v) is 8.85. The quantitative estimate of drug-likeness (QED) is 0.725. The van der Waals surface area contributed by atoms with Crippen molar-refractivity contribution in [3.63, 3.8) is 0 Å². The van der Waals surface area contributed by atoms with Crippen LogP contribution in [0.5, 0.6) is 0 Å². The lowest BCUT2D eigenvalue weighted by Crippen LogP contribution is -2.07. The number of aromatic nitrogens is 1. The Morgan fingerprint density at radius 2 is 2.00 bits per heavy atom. The largest absolute Gasteiger partial charge is 0.261 e. The van der Waals surface area contributed by atoms with Gasteiger partial charge in [-0.05, 0) is 25.5 Å². The summed E-state index contributed by atoms with van der Waals surface area (Å²) in [6.45, 7) is 5.24. The number of pyridine rings is 1. The Labute approximate surface area is 78.7 Å². The predicted octanol–water partition coefficient (Wildman–Crippen LogP) is 1.49. The van der Waals surface area contributed by atoms with Crippen LogP contribution in [0.2, 0.25) is 0 Å². The van der Waals surface area contributed by atoms with E-state index in [2.05, 4.69) is 4.98 Å². The molecule has 0 fully saturated rings. The van der Waals surface area contributed by atoms with Gasteiger partial charge in [0.1, 0.15) is 0 Å². The van der Waals surface area contributed by atoms with Crippen LogP contribution >= 0.6 is 0 Å². The van der Waals surface area contributed by atoms with Gasteiger partial charge in [0.25, 0.3) is 0 Å². The minimum absolute atomic E-state index is 0.136. The lowest BCUT2D eigenvalue weighted by molar-refractivity contribution is 0.596. The van der Waals surface area contributed by atoms with E-state index in [-0.39, 0.29) is 5.75 Å². The van der Waals surface area contributed by atoms with Crippen LogP contribution in [-0.4, -0.2) is 19.2 Å². The Bertz CT molecular complexity index is 410. The van der Waals surface area contributed by atoms with E-state index in [9.17, 15) is 8.42 Å². The van der Waals surface area contributed by atoms with E-state index < -0.39 is 9.84 Å². The fourth-order valence-electron chi connectivity index (χ4n) is 1.11. The van der Waals surface area contributed by atoms with Crippen LogP contribution in [0, 0.1) is 13.8 Å². The van der Waals surface area contributed by atoms with Crippen molar-refractivity contribution in [2.75, 3.05) is 5.75 Å². The Morgan fingerprint density at radius 1 is 1.38 bits per heavy atom. The molecule has 0 unspecified atom stereocenters. The van der Waals surface area contributed by atoms with Gasteiger partial charge in [0, 0.05) is 11.9 Å². The highest BCUT2D eigenvalue weighted by Gasteiger charge is 2.15. The van der Waals surface area contributed by atoms with Crippen molar-refractivity contribution in [3.8, 4) is 0 Å². The number of aryl methyl sites for hydroxylation is 1. The second kappa shape index (κ2) is 3.46. The molecule has 1 heterocycles. The van der Waals surface area contributed by atoms with Crippen molar-refractivity contribution in [2.24, 2.45) is 0 Å². The van der Waals surface area contributed by atoms with E-state index >= 15 is 0 Å². The van der Waals surface area contributed by atoms with E-state index in [1.807, 2.05) is 6.92 Å². The van der Waals surface area contributed by atoms with Crippen molar-refractivity contribution in [3.05, 3.63) is 23.5 Å². The van der Waals surface area contributed by atoms with Gasteiger partial charge in [-0.2, -0.15) is 0 Å². The standard InChI is InChI=1S/C9H13NO2S/c1-4-13(11,12)9-5-6-10-8(3)7(9)2/h5-6H,4H2,1-3H3. The van der Waals surface area contributed by atoms with E-state index in [4.69, 9.17) is 0 Å². The van der Waals surface area contributed by atoms with Crippen LogP contribution in [0.4, 0.5) is 0 Å². The summed E-state index contributed by atoms with van der Waals surface area (Å²) in [5.74, 6) is 0.136. The molecule has 0 N–H and O–H groups in total. The van der Waals surface area contributed by atoms with Gasteiger partial charge in [0.15, 0.2) is 9.84 Å². The Balaban J connectivity index is 3.40. The molecule has 0 saturated heterocycles. The average Bonchev–Trinajstić information content (AvgIpc) is 2.09. The van der Waals surface area contributed by atoms with Gasteiger partial charge in [0.05, 0.1) is 10.6 Å². The van der Waals surface area contributed by atoms with Gasteiger partial charge in [-0.1, -0.05) is 6.92 Å². The summed E-state index contributed by atoms with van der Waals surface area (Å²) >= 11 is 0. The molecule has 0 radical (unpaired) electrons. The third-order valence-corrected chi connectivity index (χ3v) is 3.99. The maximum absolute atomic E-state index is 11.5. The second-order valence-corrected chi connectivity index (χ2v) is 5.17. The van der Waals surface area contributed by atoms with Crippen LogP contribution in [-0.2, 0) is 9.84 Å². The van der Waals surface area contributed by atoms with Crippen molar-refractivity contribution < 1.29 is 8.42 Å². The smallest absolute Gasteiger partial charge is 0.178 e. The average molecular weight is 199 g/mol. The van der Waals surface area contributed by atoms with Crippen molar-refractivity contribution >= 4 is 9.84 Å². The third kappa shape index (κ3) is 1.88. The van der Waals surface area contributed by atoms with E-state index in [0.717, 1.165) is 11.3 Å². The molecule has 0 aromatic carbocycles. The van der Waals surface area contributed by atoms with Gasteiger partial charge >= 0.3 is 0 Å². The molecule has 0 aliphatic carbocycles. The topological polar surface area (TPSA) is 47.0 Å². The highest BCUT2D eigenvalue weighted by Crippen LogP contribution is 2.17. The summed E-state index contributed by atoms with van der Waals surface area (Å²) in [5, 5.41) is 0. The summed E-state index contributed by atoms with van der Waals surface area (Å²) in [5.41, 5.74) is 1.53. The SMILES string of the molecule is CCS(=O)(=O)c1ccnc(C)c1C. The summed E-state index contributed by atoms with van der Waals surface area (Å²) in [7, 11) is -3.09. The molecule has 1 aromatic rings. The molecule has 13 heavy (non-hydrogen) atoms. The summed E-state index contributed by atoms with van der Waals surface area (Å²) in [6.07, 6.45) is 1.53. The Hall–Kier alpha value is -0.900. The molecule has 4 heteroatoms. The number of rotatable bonds is 2. The first-order valence-electron chi connectivity index (χ1n) is 4.14. The van der Waals surface area contributed by atoms with Gasteiger partial charge < -0.3 is 0 Å². The monoisotopic (exact) mass is 199 g/mol. The summed E-state index contributed by atoms with van der Waals surface area (Å²) in [4.78, 5) is 4.43. The number of hydrogen-bond acceptors (Lipinski definition) is 3. The highest BCUT2D eigenvalue weighted by atomic mass is 32.2. The molecule has 0 aliphatic rings. The van der Waals surface area contributed by atoms with Crippen LogP contribution < -0.4 is 0 Å². The predicted molar refractivity (Wildman–Crippen MR) is 51.4 cm³/mol. The Morgan fingerprint density at radius 3 is 2.54 bits per heavy atom. The van der Waals surface area contributed by atoms with E-state index in [0.29, 0.717) is 4.90 Å². The van der Waals surface area contributed by atoms with Crippen LogP contribution in [0.3, 0.4) is 0 Å². The summed E-state index contributed by atoms with van der Waals surface area (Å²) in [6, 6.07) is 1.56. The molecule has 0 aliphatic heterocycles. The molecule has 0 spiro atoms. The molecular weight excluding hydrogens is 186 g/mol. The highest BCUT2D eigenvalue weighted by molar-refractivity contribution is 7.91. The second-order valence-electron chi connectivity index (χ2n) is 2.92. The molecular formula is C9H13NO2S. The Kier molecular flexibility index (Phi) is 2.71. The number of sulfone groups is 1. The lowest BCUT2D eigenvalue weighted by Gasteiger charge is -2.06. The first-order valence-corrected chi connectivity index (χ1v) is 5.79. The molecule has 72 valence electrons. The minimum atomic E-state index is -3.09. The van der Waals surface area contributed by atoms with Gasteiger partial charge in [-0.3, -0.25) is 4.98 Å². The molecule has 0 bridgehead atoms. The number of nitrogens with zero attached hydrogens (tertiary/aromatic N) is 1. The van der Waals surface area contributed by atoms with Crippen LogP contribution in [0.15, 0.2) is 17.2 Å².